The summed E-state index contributed by atoms with van der Waals surface area (Å²) in [6, 6.07) is 0.0576. The Hall–Kier alpha value is -3.81. The zero-order valence-electron chi connectivity index (χ0n) is 24.9. The van der Waals surface area contributed by atoms with Crippen molar-refractivity contribution in [2.75, 3.05) is 40.8 Å². The van der Waals surface area contributed by atoms with E-state index in [0.29, 0.717) is 25.9 Å². The van der Waals surface area contributed by atoms with E-state index in [9.17, 15) is 39.6 Å². The number of rotatable bonds is 4. The lowest BCUT2D eigenvalue weighted by molar-refractivity contribution is -0.148. The second kappa shape index (κ2) is 10.1. The number of likely N-dealkylation sites (tertiary alicyclic amines) is 2. The highest BCUT2D eigenvalue weighted by atomic mass is 19.1. The molecule has 1 aromatic carbocycles. The van der Waals surface area contributed by atoms with Crippen LogP contribution >= 0.6 is 0 Å². The number of nitrogens with two attached hydrogens (primary N) is 1. The fourth-order valence-corrected chi connectivity index (χ4v) is 8.31. The maximum atomic E-state index is 16.2. The van der Waals surface area contributed by atoms with Crippen molar-refractivity contribution in [3.05, 3.63) is 51.2 Å². The van der Waals surface area contributed by atoms with Gasteiger partial charge in [0.2, 0.25) is 11.7 Å². The number of hydrogen-bond acceptors (Lipinski definition) is 10. The number of aliphatic hydroxyl groups is 3. The van der Waals surface area contributed by atoms with Crippen molar-refractivity contribution in [1.82, 2.24) is 14.7 Å². The number of primary amides is 1. The molecular formula is C31H37FN4O8. The number of Topliss-reactive ketones (excluding diaryl/α,β-unsaturated/α-hetero) is 2. The van der Waals surface area contributed by atoms with Crippen molar-refractivity contribution >= 4 is 23.4 Å². The highest BCUT2D eigenvalue weighted by molar-refractivity contribution is 6.24. The van der Waals surface area contributed by atoms with Crippen molar-refractivity contribution in [3.63, 3.8) is 0 Å². The molecule has 2 heterocycles. The molecule has 2 saturated heterocycles. The molecule has 2 fully saturated rings. The zero-order valence-corrected chi connectivity index (χ0v) is 24.9. The Morgan fingerprint density at radius 3 is 2.32 bits per heavy atom. The number of ketones is 2. The SMILES string of the molecule is CN1CCC2(CCN(Cc3cc(O)c4c(c3F)C[C@H]3C[C@H]5[C@H](N(C)C)C(O)=C(C(N)=O)C(=O)[C@@]5(O)C(O)=C3C4=O)CC2)C1=O. The first kappa shape index (κ1) is 30.2. The van der Waals surface area contributed by atoms with Gasteiger partial charge in [-0.1, -0.05) is 0 Å². The molecule has 0 unspecified atom stereocenters. The summed E-state index contributed by atoms with van der Waals surface area (Å²) in [5.41, 5.74) is 0.807. The molecule has 6 rings (SSSR count). The summed E-state index contributed by atoms with van der Waals surface area (Å²) in [7, 11) is 4.88. The number of phenolic OH excluding ortho intramolecular Hbond substituents is 1. The molecule has 13 heteroatoms. The number of benzene rings is 1. The van der Waals surface area contributed by atoms with Crippen LogP contribution in [0.25, 0.3) is 0 Å². The number of nitrogens with zero attached hydrogens (tertiary/aromatic N) is 3. The first-order valence-corrected chi connectivity index (χ1v) is 14.8. The highest BCUT2D eigenvalue weighted by Gasteiger charge is 2.63. The minimum Gasteiger partial charge on any atom is -0.510 e. The van der Waals surface area contributed by atoms with Crippen LogP contribution in [0.3, 0.4) is 0 Å². The molecule has 44 heavy (non-hydrogen) atoms. The molecule has 2 amide bonds. The number of likely N-dealkylation sites (N-methyl/N-ethyl adjacent to an activating group) is 1. The fraction of sp³-hybridized carbons (Fsp3) is 0.548. The number of hydrogen-bond donors (Lipinski definition) is 5. The third-order valence-corrected chi connectivity index (χ3v) is 10.7. The molecule has 0 saturated carbocycles. The summed E-state index contributed by atoms with van der Waals surface area (Å²) in [5, 5.41) is 44.9. The number of piperidine rings is 1. The number of phenols is 1. The maximum absolute atomic E-state index is 16.2. The minimum absolute atomic E-state index is 0.0285. The molecule has 236 valence electrons. The van der Waals surface area contributed by atoms with Crippen LogP contribution in [0.4, 0.5) is 4.39 Å². The highest BCUT2D eigenvalue weighted by Crippen LogP contribution is 2.52. The van der Waals surface area contributed by atoms with Crippen LogP contribution in [0.1, 0.15) is 47.2 Å². The van der Waals surface area contributed by atoms with Gasteiger partial charge in [0.05, 0.1) is 17.0 Å². The summed E-state index contributed by atoms with van der Waals surface area (Å²) in [6.45, 7) is 2.03. The van der Waals surface area contributed by atoms with Crippen LogP contribution in [0, 0.1) is 23.1 Å². The summed E-state index contributed by atoms with van der Waals surface area (Å²) >= 11 is 0. The van der Waals surface area contributed by atoms with Gasteiger partial charge in [0.25, 0.3) is 5.91 Å². The molecule has 2 aliphatic heterocycles. The van der Waals surface area contributed by atoms with Crippen LogP contribution < -0.4 is 5.73 Å². The van der Waals surface area contributed by atoms with Crippen molar-refractivity contribution in [3.8, 4) is 5.75 Å². The van der Waals surface area contributed by atoms with Crippen LogP contribution in [0.5, 0.6) is 5.75 Å². The van der Waals surface area contributed by atoms with E-state index in [1.807, 2.05) is 4.90 Å². The average molecular weight is 613 g/mol. The molecule has 0 aromatic heterocycles. The monoisotopic (exact) mass is 612 g/mol. The number of allylic oxidation sites excluding steroid dienone is 1. The van der Waals surface area contributed by atoms with Gasteiger partial charge in [0.1, 0.15) is 28.7 Å². The summed E-state index contributed by atoms with van der Waals surface area (Å²) in [5.74, 6) is -8.27. The largest absolute Gasteiger partial charge is 0.510 e. The zero-order chi connectivity index (χ0) is 32.0. The quantitative estimate of drug-likeness (QED) is 0.303. The predicted octanol–water partition coefficient (Wildman–Crippen LogP) is 0.704. The molecule has 5 aliphatic rings. The lowest BCUT2D eigenvalue weighted by Crippen LogP contribution is -2.63. The summed E-state index contributed by atoms with van der Waals surface area (Å²) < 4.78 is 16.2. The van der Waals surface area contributed by atoms with Gasteiger partial charge < -0.3 is 31.1 Å². The molecule has 0 bridgehead atoms. The topological polar surface area (TPSA) is 185 Å². The molecule has 0 radical (unpaired) electrons. The first-order chi connectivity index (χ1) is 20.6. The van der Waals surface area contributed by atoms with E-state index in [0.717, 1.165) is 13.0 Å². The van der Waals surface area contributed by atoms with Crippen LogP contribution in [-0.2, 0) is 27.3 Å². The Morgan fingerprint density at radius 1 is 1.11 bits per heavy atom. The normalized spacial score (nSPS) is 30.3. The van der Waals surface area contributed by atoms with Crippen molar-refractivity contribution in [2.45, 2.75) is 50.3 Å². The minimum atomic E-state index is -2.75. The van der Waals surface area contributed by atoms with Gasteiger partial charge in [-0.05, 0) is 71.3 Å². The third-order valence-electron chi connectivity index (χ3n) is 10.7. The number of fused-ring (bicyclic) bond motifs is 3. The molecular weight excluding hydrogens is 575 g/mol. The van der Waals surface area contributed by atoms with Crippen molar-refractivity contribution in [2.24, 2.45) is 23.0 Å². The molecule has 3 aliphatic carbocycles. The van der Waals surface area contributed by atoms with Crippen LogP contribution in [-0.4, -0.2) is 111 Å². The van der Waals surface area contributed by atoms with Crippen molar-refractivity contribution in [1.29, 1.82) is 0 Å². The number of aromatic hydroxyl groups is 1. The maximum Gasteiger partial charge on any atom is 0.255 e. The van der Waals surface area contributed by atoms with Gasteiger partial charge in [0.15, 0.2) is 11.4 Å². The fourth-order valence-electron chi connectivity index (χ4n) is 8.31. The van der Waals surface area contributed by atoms with Gasteiger partial charge in [-0.3, -0.25) is 29.0 Å². The second-order valence-corrected chi connectivity index (χ2v) is 13.2. The van der Waals surface area contributed by atoms with E-state index >= 15 is 4.39 Å². The smallest absolute Gasteiger partial charge is 0.255 e. The number of carbonyl (C=O) groups excluding carboxylic acids is 4. The second-order valence-electron chi connectivity index (χ2n) is 13.2. The Bertz CT molecular complexity index is 1580. The van der Waals surface area contributed by atoms with E-state index in [4.69, 9.17) is 5.73 Å². The van der Waals surface area contributed by atoms with Gasteiger partial charge in [0, 0.05) is 42.8 Å². The Labute approximate surface area is 253 Å². The number of carbonyl (C=O) groups is 4. The van der Waals surface area contributed by atoms with E-state index in [2.05, 4.69) is 0 Å². The number of halogens is 1. The number of amides is 2. The Morgan fingerprint density at radius 2 is 1.75 bits per heavy atom. The standard InChI is InChI=1S/C31H37FN4O8/c1-34(2)23-17-11-14-10-16-20(24(38)19(14)26(40)31(17,44)27(41)21(25(23)39)28(33)42)18(37)12-15(22(16)32)13-36-8-5-30(6-9-36)4-7-35(3)29(30)43/h12,14,17,23,37,39-40,44H,4-11,13H2,1-3H3,(H2,33,42)/t14-,17-,23-,31-/m0/s1. The first-order valence-electron chi connectivity index (χ1n) is 14.8. The molecule has 12 nitrogen and oxygen atoms in total. The number of aliphatic hydroxyl groups excluding tert-OH is 2. The van der Waals surface area contributed by atoms with Gasteiger partial charge in [-0.15, -0.1) is 0 Å². The van der Waals surface area contributed by atoms with E-state index in [-0.39, 0.29) is 53.0 Å². The molecule has 1 aromatic rings. The lowest BCUT2D eigenvalue weighted by atomic mass is 9.58. The van der Waals surface area contributed by atoms with Gasteiger partial charge in [-0.2, -0.15) is 0 Å². The van der Waals surface area contributed by atoms with Gasteiger partial charge >= 0.3 is 0 Å². The van der Waals surface area contributed by atoms with Crippen molar-refractivity contribution < 1.29 is 44.0 Å². The lowest BCUT2D eigenvalue weighted by Gasteiger charge is -2.50. The van der Waals surface area contributed by atoms with E-state index in [1.54, 1.807) is 26.0 Å². The molecule has 4 atom stereocenters. The predicted molar refractivity (Wildman–Crippen MR) is 153 cm³/mol. The third kappa shape index (κ3) is 4.05. The van der Waals surface area contributed by atoms with Crippen LogP contribution in [0.2, 0.25) is 0 Å². The summed E-state index contributed by atoms with van der Waals surface area (Å²) in [4.78, 5) is 57.2. The molecule has 6 N–H and O–H groups in total. The van der Waals surface area contributed by atoms with E-state index < -0.39 is 69.6 Å². The Balaban J connectivity index is 1.34. The Kier molecular flexibility index (Phi) is 6.95. The average Bonchev–Trinajstić information content (AvgIpc) is 3.22. The van der Waals surface area contributed by atoms with Gasteiger partial charge in [-0.25, -0.2) is 4.39 Å². The molecule has 1 spiro atoms. The van der Waals surface area contributed by atoms with Crippen LogP contribution in [0.15, 0.2) is 28.7 Å². The summed E-state index contributed by atoms with van der Waals surface area (Å²) in [6.07, 6.45) is 1.86. The van der Waals surface area contributed by atoms with E-state index in [1.165, 1.54) is 11.0 Å².